The standard InChI is InChI=1S/C24H22BrF3O3/c1-2-30-20-10-6-17(7-11-20)23-18(16-29-15-14-24(26,27)28)4-3-5-22(23)31-21-12-8-19(25)9-13-21/h3-13H,2,14-16H2,1H3. The van der Waals surface area contributed by atoms with Crippen molar-refractivity contribution in [3.63, 3.8) is 0 Å². The van der Waals surface area contributed by atoms with E-state index >= 15 is 0 Å². The first-order valence-corrected chi connectivity index (χ1v) is 10.6. The van der Waals surface area contributed by atoms with Crippen LogP contribution in [0.1, 0.15) is 18.9 Å². The summed E-state index contributed by atoms with van der Waals surface area (Å²) >= 11 is 3.40. The van der Waals surface area contributed by atoms with Crippen LogP contribution in [-0.4, -0.2) is 19.4 Å². The molecule has 0 aliphatic heterocycles. The van der Waals surface area contributed by atoms with Crippen molar-refractivity contribution in [2.24, 2.45) is 0 Å². The van der Waals surface area contributed by atoms with Crippen LogP contribution in [0.4, 0.5) is 13.2 Å². The second-order valence-corrected chi connectivity index (χ2v) is 7.64. The zero-order valence-corrected chi connectivity index (χ0v) is 18.5. The Morgan fingerprint density at radius 1 is 0.871 bits per heavy atom. The highest BCUT2D eigenvalue weighted by atomic mass is 79.9. The van der Waals surface area contributed by atoms with Gasteiger partial charge in [-0.25, -0.2) is 0 Å². The highest BCUT2D eigenvalue weighted by Gasteiger charge is 2.26. The number of hydrogen-bond acceptors (Lipinski definition) is 3. The van der Waals surface area contributed by atoms with E-state index in [4.69, 9.17) is 14.2 Å². The zero-order valence-electron chi connectivity index (χ0n) is 16.9. The fourth-order valence-electron chi connectivity index (χ4n) is 2.99. The smallest absolute Gasteiger partial charge is 0.391 e. The molecule has 0 bridgehead atoms. The van der Waals surface area contributed by atoms with Crippen molar-refractivity contribution in [2.45, 2.75) is 26.1 Å². The van der Waals surface area contributed by atoms with Gasteiger partial charge in [-0.05, 0) is 60.5 Å². The van der Waals surface area contributed by atoms with E-state index in [1.807, 2.05) is 67.6 Å². The number of alkyl halides is 3. The molecular weight excluding hydrogens is 473 g/mol. The van der Waals surface area contributed by atoms with Gasteiger partial charge >= 0.3 is 6.18 Å². The summed E-state index contributed by atoms with van der Waals surface area (Å²) in [5.41, 5.74) is 2.35. The van der Waals surface area contributed by atoms with Gasteiger partial charge in [0.2, 0.25) is 0 Å². The third-order valence-corrected chi connectivity index (χ3v) is 4.92. The second-order valence-electron chi connectivity index (χ2n) is 6.72. The Morgan fingerprint density at radius 2 is 1.55 bits per heavy atom. The first-order valence-electron chi connectivity index (χ1n) is 9.79. The van der Waals surface area contributed by atoms with E-state index in [2.05, 4.69) is 15.9 Å². The third kappa shape index (κ3) is 7.01. The Labute approximate surface area is 187 Å². The molecule has 31 heavy (non-hydrogen) atoms. The molecule has 0 aliphatic rings. The van der Waals surface area contributed by atoms with E-state index in [9.17, 15) is 13.2 Å². The van der Waals surface area contributed by atoms with E-state index in [0.29, 0.717) is 18.1 Å². The summed E-state index contributed by atoms with van der Waals surface area (Å²) in [5, 5.41) is 0. The summed E-state index contributed by atoms with van der Waals surface area (Å²) in [6.07, 6.45) is -5.23. The normalized spacial score (nSPS) is 11.4. The largest absolute Gasteiger partial charge is 0.494 e. The molecule has 0 aromatic heterocycles. The maximum Gasteiger partial charge on any atom is 0.391 e. The molecule has 164 valence electrons. The summed E-state index contributed by atoms with van der Waals surface area (Å²) in [4.78, 5) is 0. The lowest BCUT2D eigenvalue weighted by molar-refractivity contribution is -0.146. The average molecular weight is 495 g/mol. The highest BCUT2D eigenvalue weighted by molar-refractivity contribution is 9.10. The van der Waals surface area contributed by atoms with Gasteiger partial charge in [-0.1, -0.05) is 40.2 Å². The van der Waals surface area contributed by atoms with Crippen molar-refractivity contribution >= 4 is 15.9 Å². The number of rotatable bonds is 9. The van der Waals surface area contributed by atoms with E-state index in [0.717, 1.165) is 26.9 Å². The van der Waals surface area contributed by atoms with E-state index < -0.39 is 19.2 Å². The summed E-state index contributed by atoms with van der Waals surface area (Å²) < 4.78 is 55.2. The maximum atomic E-state index is 12.4. The summed E-state index contributed by atoms with van der Waals surface area (Å²) in [6, 6.07) is 20.4. The number of halogens is 4. The number of hydrogen-bond donors (Lipinski definition) is 0. The van der Waals surface area contributed by atoms with Crippen LogP contribution in [0.15, 0.2) is 71.2 Å². The topological polar surface area (TPSA) is 27.7 Å². The van der Waals surface area contributed by atoms with Crippen LogP contribution in [0, 0.1) is 0 Å². The first-order chi connectivity index (χ1) is 14.9. The third-order valence-electron chi connectivity index (χ3n) is 4.40. The van der Waals surface area contributed by atoms with Gasteiger partial charge in [0.1, 0.15) is 17.2 Å². The Hall–Kier alpha value is -2.51. The van der Waals surface area contributed by atoms with Crippen LogP contribution in [0.3, 0.4) is 0 Å². The maximum absolute atomic E-state index is 12.4. The van der Waals surface area contributed by atoms with E-state index in [-0.39, 0.29) is 6.61 Å². The molecule has 0 heterocycles. The van der Waals surface area contributed by atoms with Gasteiger partial charge < -0.3 is 14.2 Å². The molecule has 7 heteroatoms. The quantitative estimate of drug-likeness (QED) is 0.284. The van der Waals surface area contributed by atoms with Gasteiger partial charge in [0.05, 0.1) is 26.2 Å². The van der Waals surface area contributed by atoms with Gasteiger partial charge in [-0.2, -0.15) is 13.2 Å². The molecule has 0 unspecified atom stereocenters. The number of ether oxygens (including phenoxy) is 3. The molecule has 3 rings (SSSR count). The summed E-state index contributed by atoms with van der Waals surface area (Å²) in [5.74, 6) is 1.97. The van der Waals surface area contributed by atoms with Crippen molar-refractivity contribution in [3.05, 3.63) is 76.8 Å². The molecule has 0 saturated carbocycles. The molecule has 0 atom stereocenters. The van der Waals surface area contributed by atoms with Gasteiger partial charge in [-0.3, -0.25) is 0 Å². The van der Waals surface area contributed by atoms with Crippen molar-refractivity contribution < 1.29 is 27.4 Å². The van der Waals surface area contributed by atoms with Gasteiger partial charge in [0.25, 0.3) is 0 Å². The van der Waals surface area contributed by atoms with Crippen LogP contribution < -0.4 is 9.47 Å². The summed E-state index contributed by atoms with van der Waals surface area (Å²) in [6.45, 7) is 2.10. The van der Waals surface area contributed by atoms with Crippen molar-refractivity contribution in [1.82, 2.24) is 0 Å². The molecule has 0 amide bonds. The molecule has 0 spiro atoms. The lowest BCUT2D eigenvalue weighted by Crippen LogP contribution is -2.11. The van der Waals surface area contributed by atoms with E-state index in [1.54, 1.807) is 6.07 Å². The van der Waals surface area contributed by atoms with Crippen LogP contribution in [-0.2, 0) is 11.3 Å². The fourth-order valence-corrected chi connectivity index (χ4v) is 3.26. The molecule has 0 N–H and O–H groups in total. The lowest BCUT2D eigenvalue weighted by atomic mass is 9.98. The van der Waals surface area contributed by atoms with Crippen LogP contribution in [0.2, 0.25) is 0 Å². The minimum Gasteiger partial charge on any atom is -0.494 e. The molecule has 0 radical (unpaired) electrons. The lowest BCUT2D eigenvalue weighted by Gasteiger charge is -2.17. The predicted molar refractivity (Wildman–Crippen MR) is 118 cm³/mol. The SMILES string of the molecule is CCOc1ccc(-c2c(COCCC(F)(F)F)cccc2Oc2ccc(Br)cc2)cc1. The first kappa shape index (κ1) is 23.2. The highest BCUT2D eigenvalue weighted by Crippen LogP contribution is 2.37. The van der Waals surface area contributed by atoms with Gasteiger partial charge in [0.15, 0.2) is 0 Å². The molecule has 0 saturated heterocycles. The zero-order chi connectivity index (χ0) is 22.3. The molecular formula is C24H22BrF3O3. The van der Waals surface area contributed by atoms with Crippen molar-refractivity contribution in [3.8, 4) is 28.4 Å². The van der Waals surface area contributed by atoms with Gasteiger partial charge in [-0.15, -0.1) is 0 Å². The molecule has 0 aliphatic carbocycles. The number of benzene rings is 3. The van der Waals surface area contributed by atoms with Gasteiger partial charge in [0, 0.05) is 10.0 Å². The minimum atomic E-state index is -4.25. The molecule has 3 aromatic rings. The summed E-state index contributed by atoms with van der Waals surface area (Å²) in [7, 11) is 0. The molecule has 3 aromatic carbocycles. The Balaban J connectivity index is 1.90. The Morgan fingerprint density at radius 3 is 2.19 bits per heavy atom. The second kappa shape index (κ2) is 10.7. The monoisotopic (exact) mass is 494 g/mol. The van der Waals surface area contributed by atoms with Crippen LogP contribution in [0.25, 0.3) is 11.1 Å². The van der Waals surface area contributed by atoms with Crippen molar-refractivity contribution in [1.29, 1.82) is 0 Å². The van der Waals surface area contributed by atoms with Crippen LogP contribution >= 0.6 is 15.9 Å². The predicted octanol–water partition coefficient (Wildman–Crippen LogP) is 7.78. The van der Waals surface area contributed by atoms with Crippen LogP contribution in [0.5, 0.6) is 17.2 Å². The molecule has 0 fully saturated rings. The Bertz CT molecular complexity index is 971. The van der Waals surface area contributed by atoms with E-state index in [1.165, 1.54) is 0 Å². The molecule has 3 nitrogen and oxygen atoms in total. The minimum absolute atomic E-state index is 0.0379. The van der Waals surface area contributed by atoms with Crippen molar-refractivity contribution in [2.75, 3.05) is 13.2 Å². The Kier molecular flexibility index (Phi) is 7.98. The average Bonchev–Trinajstić information content (AvgIpc) is 2.73. The fraction of sp³-hybridized carbons (Fsp3) is 0.250.